The van der Waals surface area contributed by atoms with Crippen LogP contribution in [0, 0.1) is 17.3 Å². The number of carbonyl (C=O) groups excluding carboxylic acids is 2. The number of halogens is 4. The number of hydrogen-bond acceptors (Lipinski definition) is 4. The quantitative estimate of drug-likeness (QED) is 0.480. The first-order chi connectivity index (χ1) is 16.6. The summed E-state index contributed by atoms with van der Waals surface area (Å²) in [5.41, 5.74) is -0.544. The Balaban J connectivity index is 1.51. The highest BCUT2D eigenvalue weighted by molar-refractivity contribution is 6.38. The van der Waals surface area contributed by atoms with Crippen molar-refractivity contribution in [1.29, 1.82) is 0 Å². The first kappa shape index (κ1) is 23.4. The predicted molar refractivity (Wildman–Crippen MR) is 133 cm³/mol. The maximum atomic E-state index is 13.7. The molecule has 4 atom stereocenters. The van der Waals surface area contributed by atoms with Crippen LogP contribution >= 0.6 is 46.4 Å². The summed E-state index contributed by atoms with van der Waals surface area (Å²) in [4.78, 5) is 42.3. The number of benzene rings is 2. The second-order valence-electron chi connectivity index (χ2n) is 9.92. The summed E-state index contributed by atoms with van der Waals surface area (Å²) in [6.07, 6.45) is 2.57. The van der Waals surface area contributed by atoms with E-state index in [4.69, 9.17) is 46.4 Å². The van der Waals surface area contributed by atoms with Crippen LogP contribution in [0.5, 0.6) is 0 Å². The minimum absolute atomic E-state index is 0.0234. The van der Waals surface area contributed by atoms with Gasteiger partial charge in [0.25, 0.3) is 5.91 Å². The molecule has 0 radical (unpaired) electrons. The molecule has 11 heteroatoms. The van der Waals surface area contributed by atoms with Crippen LogP contribution in [0.2, 0.25) is 20.1 Å². The van der Waals surface area contributed by atoms with E-state index >= 15 is 0 Å². The molecule has 3 fully saturated rings. The van der Waals surface area contributed by atoms with Crippen LogP contribution in [0.4, 0.5) is 11.4 Å². The minimum Gasteiger partial charge on any atom is -0.481 e. The number of nitrogens with one attached hydrogen (secondary N) is 2. The zero-order valence-electron chi connectivity index (χ0n) is 18.1. The van der Waals surface area contributed by atoms with Gasteiger partial charge in [-0.05, 0) is 55.0 Å². The number of anilines is 2. The molecular weight excluding hydrogens is 536 g/mol. The fourth-order valence-corrected chi connectivity index (χ4v) is 7.51. The van der Waals surface area contributed by atoms with Crippen molar-refractivity contribution in [1.82, 2.24) is 4.90 Å². The van der Waals surface area contributed by atoms with Crippen LogP contribution in [0.15, 0.2) is 30.3 Å². The summed E-state index contributed by atoms with van der Waals surface area (Å²) in [6, 6.07) is 7.25. The van der Waals surface area contributed by atoms with E-state index < -0.39 is 41.2 Å². The molecule has 3 heterocycles. The fourth-order valence-electron chi connectivity index (χ4n) is 6.44. The first-order valence-electron chi connectivity index (χ1n) is 11.1. The van der Waals surface area contributed by atoms with Crippen molar-refractivity contribution >= 4 is 75.6 Å². The predicted octanol–water partition coefficient (Wildman–Crippen LogP) is 5.27. The third-order valence-electron chi connectivity index (χ3n) is 7.93. The van der Waals surface area contributed by atoms with Crippen molar-refractivity contribution in [3.63, 3.8) is 0 Å². The molecule has 182 valence electrons. The van der Waals surface area contributed by atoms with Crippen molar-refractivity contribution < 1.29 is 19.5 Å². The molecule has 2 spiro atoms. The standard InChI is InChI=1S/C24H19Cl4N3O4/c25-10-3-11(26)5-13(4-10)29-20(32)17-16-8-23(1-2-23)9-31(16)24(18(17)21(33)34)14-6-12(27)7-15(28)19(14)30-22(24)35/h3-7,16-18H,1-2,8-9H2,(H,29,32)(H,30,35)(H,33,34). The number of rotatable bonds is 3. The number of aliphatic carboxylic acids is 1. The van der Waals surface area contributed by atoms with Gasteiger partial charge in [-0.2, -0.15) is 0 Å². The molecule has 2 aromatic rings. The van der Waals surface area contributed by atoms with Gasteiger partial charge in [-0.1, -0.05) is 46.4 Å². The van der Waals surface area contributed by atoms with Crippen LogP contribution in [0.25, 0.3) is 0 Å². The molecule has 7 nitrogen and oxygen atoms in total. The van der Waals surface area contributed by atoms with Crippen LogP contribution in [0.1, 0.15) is 24.8 Å². The Morgan fingerprint density at radius 1 is 1.03 bits per heavy atom. The van der Waals surface area contributed by atoms with E-state index in [0.29, 0.717) is 39.9 Å². The van der Waals surface area contributed by atoms with Crippen LogP contribution in [0.3, 0.4) is 0 Å². The molecule has 3 aliphatic heterocycles. The van der Waals surface area contributed by atoms with Gasteiger partial charge in [-0.25, -0.2) is 0 Å². The Morgan fingerprint density at radius 3 is 2.31 bits per heavy atom. The molecule has 2 aromatic carbocycles. The van der Waals surface area contributed by atoms with Gasteiger partial charge in [0.15, 0.2) is 0 Å². The van der Waals surface area contributed by atoms with Crippen molar-refractivity contribution in [2.45, 2.75) is 30.8 Å². The molecule has 4 aliphatic rings. The number of fused-ring (bicyclic) bond motifs is 4. The first-order valence-corrected chi connectivity index (χ1v) is 12.6. The maximum absolute atomic E-state index is 13.7. The Bertz CT molecular complexity index is 1310. The normalized spacial score (nSPS) is 29.8. The smallest absolute Gasteiger partial charge is 0.310 e. The lowest BCUT2D eigenvalue weighted by molar-refractivity contribution is -0.152. The van der Waals surface area contributed by atoms with Crippen LogP contribution < -0.4 is 10.6 Å². The Kier molecular flexibility index (Phi) is 5.16. The maximum Gasteiger partial charge on any atom is 0.310 e. The molecule has 0 bridgehead atoms. The van der Waals surface area contributed by atoms with Crippen molar-refractivity contribution in [2.75, 3.05) is 17.2 Å². The Morgan fingerprint density at radius 2 is 1.69 bits per heavy atom. The van der Waals surface area contributed by atoms with Gasteiger partial charge in [-0.3, -0.25) is 19.3 Å². The summed E-state index contributed by atoms with van der Waals surface area (Å²) in [7, 11) is 0. The zero-order valence-corrected chi connectivity index (χ0v) is 21.1. The van der Waals surface area contributed by atoms with Gasteiger partial charge in [0.2, 0.25) is 5.91 Å². The van der Waals surface area contributed by atoms with E-state index in [1.165, 1.54) is 24.3 Å². The lowest BCUT2D eigenvalue weighted by Gasteiger charge is -2.36. The average molecular weight is 555 g/mol. The largest absolute Gasteiger partial charge is 0.481 e. The van der Waals surface area contributed by atoms with Crippen LogP contribution in [-0.2, 0) is 19.9 Å². The van der Waals surface area contributed by atoms with E-state index in [2.05, 4.69) is 10.6 Å². The highest BCUT2D eigenvalue weighted by Crippen LogP contribution is 2.66. The Hall–Kier alpha value is -2.03. The van der Waals surface area contributed by atoms with Crippen LogP contribution in [-0.4, -0.2) is 40.4 Å². The highest BCUT2D eigenvalue weighted by atomic mass is 35.5. The summed E-state index contributed by atoms with van der Waals surface area (Å²) in [5.74, 6) is -4.64. The SMILES string of the molecule is O=C(Nc1cc(Cl)cc(Cl)c1)C1C2CC3(CC3)CN2C2(C(=O)Nc3c(Cl)cc(Cl)cc32)C1C(=O)O. The molecule has 2 amide bonds. The molecule has 6 rings (SSSR count). The zero-order chi connectivity index (χ0) is 24.9. The lowest BCUT2D eigenvalue weighted by atomic mass is 9.73. The van der Waals surface area contributed by atoms with E-state index in [9.17, 15) is 19.5 Å². The number of nitrogens with zero attached hydrogens (tertiary/aromatic N) is 1. The summed E-state index contributed by atoms with van der Waals surface area (Å²) >= 11 is 24.9. The number of amides is 2. The third kappa shape index (κ3) is 3.32. The number of carboxylic acid groups (broad SMARTS) is 1. The molecular formula is C24H19Cl4N3O4. The fraction of sp³-hybridized carbons (Fsp3) is 0.375. The molecule has 1 saturated carbocycles. The second-order valence-corrected chi connectivity index (χ2v) is 11.6. The molecule has 4 unspecified atom stereocenters. The molecule has 1 aliphatic carbocycles. The Labute approximate surface area is 220 Å². The number of hydrogen-bond donors (Lipinski definition) is 3. The molecule has 2 saturated heterocycles. The van der Waals surface area contributed by atoms with E-state index in [1.54, 1.807) is 6.07 Å². The number of carboxylic acids is 1. The monoisotopic (exact) mass is 553 g/mol. The second kappa shape index (κ2) is 7.73. The summed E-state index contributed by atoms with van der Waals surface area (Å²) in [6.45, 7) is 0.519. The lowest BCUT2D eigenvalue weighted by Crippen LogP contribution is -2.53. The van der Waals surface area contributed by atoms with E-state index in [-0.39, 0.29) is 15.5 Å². The average Bonchev–Trinajstić information content (AvgIpc) is 3.17. The van der Waals surface area contributed by atoms with Gasteiger partial charge in [0, 0.05) is 38.9 Å². The van der Waals surface area contributed by atoms with E-state index in [1.807, 2.05) is 4.90 Å². The summed E-state index contributed by atoms with van der Waals surface area (Å²) < 4.78 is 0. The number of carbonyl (C=O) groups is 3. The van der Waals surface area contributed by atoms with E-state index in [0.717, 1.165) is 12.8 Å². The van der Waals surface area contributed by atoms with Gasteiger partial charge < -0.3 is 15.7 Å². The molecule has 0 aromatic heterocycles. The highest BCUT2D eigenvalue weighted by Gasteiger charge is 2.75. The van der Waals surface area contributed by atoms with Gasteiger partial charge in [0.05, 0.1) is 16.6 Å². The van der Waals surface area contributed by atoms with Crippen molar-refractivity contribution in [3.05, 3.63) is 56.0 Å². The minimum atomic E-state index is -1.61. The van der Waals surface area contributed by atoms with Crippen molar-refractivity contribution in [2.24, 2.45) is 17.3 Å². The molecule has 35 heavy (non-hydrogen) atoms. The van der Waals surface area contributed by atoms with Gasteiger partial charge in [0.1, 0.15) is 11.5 Å². The summed E-state index contributed by atoms with van der Waals surface area (Å²) in [5, 5.41) is 17.3. The van der Waals surface area contributed by atoms with Crippen molar-refractivity contribution in [3.8, 4) is 0 Å². The van der Waals surface area contributed by atoms with Gasteiger partial charge >= 0.3 is 5.97 Å². The molecule has 3 N–H and O–H groups in total. The van der Waals surface area contributed by atoms with Gasteiger partial charge in [-0.15, -0.1) is 0 Å². The topological polar surface area (TPSA) is 98.7 Å². The third-order valence-corrected chi connectivity index (χ3v) is 8.88.